The molecule has 0 saturated heterocycles. The van der Waals surface area contributed by atoms with Crippen molar-refractivity contribution in [2.45, 2.75) is 471 Å². The third-order valence-electron chi connectivity index (χ3n) is 20.0. The summed E-state index contributed by atoms with van der Waals surface area (Å²) in [5, 5.41) is 10.7. The van der Waals surface area contributed by atoms with Crippen LogP contribution in [0.1, 0.15) is 452 Å². The zero-order valence-corrected chi connectivity index (χ0v) is 70.1. The maximum absolute atomic E-state index is 13.1. The summed E-state index contributed by atoms with van der Waals surface area (Å²) >= 11 is 0. The summed E-state index contributed by atoms with van der Waals surface area (Å²) in [6, 6.07) is 0. The van der Waals surface area contributed by atoms with E-state index in [2.05, 4.69) is 41.5 Å². The van der Waals surface area contributed by atoms with Crippen LogP contribution in [0.4, 0.5) is 0 Å². The number of carbonyl (C=O) groups excluding carboxylic acids is 4. The van der Waals surface area contributed by atoms with Crippen molar-refractivity contribution in [2.24, 2.45) is 11.8 Å². The van der Waals surface area contributed by atoms with Crippen molar-refractivity contribution in [3.05, 3.63) is 0 Å². The summed E-state index contributed by atoms with van der Waals surface area (Å²) in [6.07, 6.45) is 68.1. The van der Waals surface area contributed by atoms with E-state index in [-0.39, 0.29) is 25.7 Å². The molecule has 0 amide bonds. The minimum atomic E-state index is -4.97. The van der Waals surface area contributed by atoms with Gasteiger partial charge in [0.1, 0.15) is 19.3 Å². The van der Waals surface area contributed by atoms with E-state index in [4.69, 9.17) is 37.0 Å². The Kier molecular flexibility index (Phi) is 75.0. The summed E-state index contributed by atoms with van der Waals surface area (Å²) in [5.74, 6) is -0.539. The fourth-order valence-corrected chi connectivity index (χ4v) is 14.8. The molecule has 0 aromatic rings. The van der Waals surface area contributed by atoms with Crippen molar-refractivity contribution in [1.82, 2.24) is 0 Å². The Labute approximate surface area is 638 Å². The van der Waals surface area contributed by atoms with Crippen molar-refractivity contribution < 1.29 is 80.2 Å². The summed E-state index contributed by atoms with van der Waals surface area (Å²) < 4.78 is 68.8. The zero-order chi connectivity index (χ0) is 76.4. The van der Waals surface area contributed by atoms with Crippen LogP contribution in [0.5, 0.6) is 0 Å². The van der Waals surface area contributed by atoms with Gasteiger partial charge >= 0.3 is 39.5 Å². The second kappa shape index (κ2) is 76.4. The SMILES string of the molecule is CCCCCCCCCCCCCCCCCCCCCCCCC(=O)O[C@H](COC(=O)CCCCCCCCCCCCCCCCC(C)C)COP(=O)(O)OC[C@@H](O)COP(=O)(O)OC[C@@H](COC(=O)CCCCCCCCCCCCC)OC(=O)CCCCCCCCCCCCCC(C)C. The quantitative estimate of drug-likeness (QED) is 0.0222. The molecular weight excluding hydrogens is 1350 g/mol. The lowest BCUT2D eigenvalue weighted by molar-refractivity contribution is -0.161. The smallest absolute Gasteiger partial charge is 0.462 e. The predicted molar refractivity (Wildman–Crippen MR) is 428 cm³/mol. The first-order valence-electron chi connectivity index (χ1n) is 44.0. The minimum Gasteiger partial charge on any atom is -0.462 e. The average molecular weight is 1520 g/mol. The molecule has 0 aromatic carbocycles. The van der Waals surface area contributed by atoms with Crippen LogP contribution in [0.15, 0.2) is 0 Å². The first kappa shape index (κ1) is 102. The number of aliphatic hydroxyl groups is 1. The first-order valence-corrected chi connectivity index (χ1v) is 47.0. The number of aliphatic hydroxyl groups excluding tert-OH is 1. The van der Waals surface area contributed by atoms with Gasteiger partial charge in [0, 0.05) is 25.7 Å². The molecule has 5 atom stereocenters. The highest BCUT2D eigenvalue weighted by atomic mass is 31.2. The number of unbranched alkanes of at least 4 members (excludes halogenated alkanes) is 54. The van der Waals surface area contributed by atoms with Gasteiger partial charge in [-0.2, -0.15) is 0 Å². The zero-order valence-electron chi connectivity index (χ0n) is 68.3. The second-order valence-corrected chi connectivity index (χ2v) is 34.4. The second-order valence-electron chi connectivity index (χ2n) is 31.5. The molecule has 0 rings (SSSR count). The van der Waals surface area contributed by atoms with E-state index >= 15 is 0 Å². The molecule has 0 radical (unpaired) electrons. The Morgan fingerprint density at radius 2 is 0.442 bits per heavy atom. The molecule has 0 fully saturated rings. The van der Waals surface area contributed by atoms with E-state index in [1.165, 1.54) is 270 Å². The lowest BCUT2D eigenvalue weighted by Gasteiger charge is -2.21. The highest BCUT2D eigenvalue weighted by Crippen LogP contribution is 2.45. The van der Waals surface area contributed by atoms with E-state index in [1.54, 1.807) is 0 Å². The normalized spacial score (nSPS) is 13.8. The molecule has 0 spiro atoms. The van der Waals surface area contributed by atoms with Crippen molar-refractivity contribution in [2.75, 3.05) is 39.6 Å². The first-order chi connectivity index (χ1) is 50.4. The monoisotopic (exact) mass is 1520 g/mol. The van der Waals surface area contributed by atoms with E-state index in [0.29, 0.717) is 25.7 Å². The van der Waals surface area contributed by atoms with Crippen LogP contribution in [0.3, 0.4) is 0 Å². The molecule has 0 saturated carbocycles. The van der Waals surface area contributed by atoms with Gasteiger partial charge in [0.2, 0.25) is 0 Å². The molecule has 3 N–H and O–H groups in total. The Balaban J connectivity index is 5.22. The van der Waals surface area contributed by atoms with Crippen molar-refractivity contribution >= 4 is 39.5 Å². The van der Waals surface area contributed by atoms with Gasteiger partial charge in [0.05, 0.1) is 26.4 Å². The minimum absolute atomic E-state index is 0.107. The van der Waals surface area contributed by atoms with Crippen LogP contribution in [0, 0.1) is 11.8 Å². The topological polar surface area (TPSA) is 237 Å². The molecule has 0 heterocycles. The van der Waals surface area contributed by atoms with E-state index in [1.807, 2.05) is 0 Å². The van der Waals surface area contributed by atoms with Gasteiger partial charge < -0.3 is 33.8 Å². The third-order valence-corrected chi connectivity index (χ3v) is 21.9. The lowest BCUT2D eigenvalue weighted by atomic mass is 10.0. The fourth-order valence-electron chi connectivity index (χ4n) is 13.2. The average Bonchev–Trinajstić information content (AvgIpc) is 0.906. The summed E-state index contributed by atoms with van der Waals surface area (Å²) in [5.41, 5.74) is 0. The maximum Gasteiger partial charge on any atom is 0.472 e. The Morgan fingerprint density at radius 1 is 0.260 bits per heavy atom. The van der Waals surface area contributed by atoms with Crippen molar-refractivity contribution in [1.29, 1.82) is 0 Å². The van der Waals surface area contributed by atoms with Crippen LogP contribution in [-0.4, -0.2) is 96.7 Å². The maximum atomic E-state index is 13.1. The Bertz CT molecular complexity index is 1990. The highest BCUT2D eigenvalue weighted by molar-refractivity contribution is 7.47. The molecule has 0 aliphatic rings. The van der Waals surface area contributed by atoms with Gasteiger partial charge in [0.25, 0.3) is 0 Å². The van der Waals surface area contributed by atoms with E-state index in [0.717, 1.165) is 102 Å². The van der Waals surface area contributed by atoms with Crippen molar-refractivity contribution in [3.63, 3.8) is 0 Å². The number of hydrogen-bond acceptors (Lipinski definition) is 15. The molecule has 2 unspecified atom stereocenters. The van der Waals surface area contributed by atoms with Crippen LogP contribution in [0.2, 0.25) is 0 Å². The summed E-state index contributed by atoms with van der Waals surface area (Å²) in [4.78, 5) is 73.2. The van der Waals surface area contributed by atoms with E-state index < -0.39 is 97.5 Å². The van der Waals surface area contributed by atoms with Crippen LogP contribution < -0.4 is 0 Å². The molecular formula is C85H166O17P2. The van der Waals surface area contributed by atoms with Gasteiger partial charge in [-0.15, -0.1) is 0 Å². The number of esters is 4. The number of rotatable bonds is 84. The van der Waals surface area contributed by atoms with Crippen LogP contribution in [-0.2, 0) is 65.4 Å². The van der Waals surface area contributed by atoms with Crippen molar-refractivity contribution in [3.8, 4) is 0 Å². The molecule has 104 heavy (non-hydrogen) atoms. The molecule has 0 aliphatic carbocycles. The molecule has 0 aromatic heterocycles. The number of phosphoric acid groups is 2. The third kappa shape index (κ3) is 78.2. The predicted octanol–water partition coefficient (Wildman–Crippen LogP) is 25.8. The fraction of sp³-hybridized carbons (Fsp3) is 0.953. The standard InChI is InChI=1S/C85H166O17P2/c1-7-9-11-13-15-17-19-20-21-22-23-24-25-26-27-28-33-39-45-51-57-63-69-84(89)101-81(74-96-83(88)68-62-56-50-44-38-32-30-29-31-36-41-47-53-59-65-77(3)4)76-100-104(93,94)98-72-79(86)71-97-103(91,92)99-75-80(73-95-82(87)67-61-55-49-43-35-18-16-14-12-10-8-2)102-85(90)70-64-58-52-46-40-34-37-42-48-54-60-66-78(5)6/h77-81,86H,7-76H2,1-6H3,(H,91,92)(H,93,94)/t79-,80+,81+/m0/s1. The molecule has 17 nitrogen and oxygen atoms in total. The van der Waals surface area contributed by atoms with Gasteiger partial charge in [-0.1, -0.05) is 401 Å². The Hall–Kier alpha value is -1.94. The van der Waals surface area contributed by atoms with Gasteiger partial charge in [-0.25, -0.2) is 9.13 Å². The molecule has 19 heteroatoms. The number of ether oxygens (including phenoxy) is 4. The summed E-state index contributed by atoms with van der Waals surface area (Å²) in [7, 11) is -9.93. The number of phosphoric ester groups is 2. The highest BCUT2D eigenvalue weighted by Gasteiger charge is 2.30. The number of hydrogen-bond donors (Lipinski definition) is 3. The van der Waals surface area contributed by atoms with E-state index in [9.17, 15) is 43.2 Å². The number of carbonyl (C=O) groups is 4. The molecule has 0 aliphatic heterocycles. The molecule has 0 bridgehead atoms. The van der Waals surface area contributed by atoms with Crippen LogP contribution >= 0.6 is 15.6 Å². The Morgan fingerprint density at radius 3 is 0.654 bits per heavy atom. The van der Waals surface area contributed by atoms with Gasteiger partial charge in [0.15, 0.2) is 12.2 Å². The lowest BCUT2D eigenvalue weighted by Crippen LogP contribution is -2.30. The van der Waals surface area contributed by atoms with Gasteiger partial charge in [-0.05, 0) is 37.5 Å². The summed E-state index contributed by atoms with van der Waals surface area (Å²) in [6.45, 7) is 9.68. The van der Waals surface area contributed by atoms with Gasteiger partial charge in [-0.3, -0.25) is 37.3 Å². The van der Waals surface area contributed by atoms with Crippen LogP contribution in [0.25, 0.3) is 0 Å². The molecule has 618 valence electrons. The largest absolute Gasteiger partial charge is 0.472 e.